The van der Waals surface area contributed by atoms with Crippen LogP contribution in [0.3, 0.4) is 0 Å². The van der Waals surface area contributed by atoms with Gasteiger partial charge in [0, 0.05) is 23.1 Å². The predicted molar refractivity (Wildman–Crippen MR) is 70.1 cm³/mol. The van der Waals surface area contributed by atoms with Crippen molar-refractivity contribution in [1.29, 1.82) is 0 Å². The summed E-state index contributed by atoms with van der Waals surface area (Å²) in [6, 6.07) is 8.22. The Labute approximate surface area is 105 Å². The van der Waals surface area contributed by atoms with E-state index in [0.717, 1.165) is 11.4 Å². The smallest absolute Gasteiger partial charge is 0.273 e. The third kappa shape index (κ3) is 2.15. The summed E-state index contributed by atoms with van der Waals surface area (Å²) in [5, 5.41) is 9.68. The molecule has 1 amide bonds. The first-order valence-corrected chi connectivity index (χ1v) is 5.54. The van der Waals surface area contributed by atoms with Crippen LogP contribution in [-0.2, 0) is 0 Å². The Morgan fingerprint density at radius 1 is 1.22 bits per heavy atom. The zero-order valence-corrected chi connectivity index (χ0v) is 10.3. The fourth-order valence-corrected chi connectivity index (χ4v) is 1.75. The summed E-state index contributed by atoms with van der Waals surface area (Å²) < 4.78 is 1.66. The fraction of sp³-hybridized carbons (Fsp3) is 0.154. The second kappa shape index (κ2) is 4.44. The van der Waals surface area contributed by atoms with E-state index in [1.165, 1.54) is 12.1 Å². The number of nitrogens with two attached hydrogens (primary N) is 1. The Bertz CT molecular complexity index is 583. The van der Waals surface area contributed by atoms with Crippen molar-refractivity contribution in [2.45, 2.75) is 13.8 Å². The maximum atomic E-state index is 12.0. The molecular weight excluding hydrogens is 230 g/mol. The average Bonchev–Trinajstić information content (AvgIpc) is 2.60. The van der Waals surface area contributed by atoms with Gasteiger partial charge in [0.25, 0.3) is 5.91 Å². The molecule has 94 valence electrons. The van der Waals surface area contributed by atoms with Gasteiger partial charge in [0.1, 0.15) is 5.75 Å². The highest BCUT2D eigenvalue weighted by Gasteiger charge is 2.12. The Morgan fingerprint density at radius 3 is 2.39 bits per heavy atom. The van der Waals surface area contributed by atoms with E-state index in [1.807, 2.05) is 26.0 Å². The van der Waals surface area contributed by atoms with Gasteiger partial charge in [0.05, 0.1) is 5.56 Å². The van der Waals surface area contributed by atoms with Gasteiger partial charge in [0.15, 0.2) is 0 Å². The van der Waals surface area contributed by atoms with Crippen molar-refractivity contribution in [3.05, 3.63) is 47.3 Å². The summed E-state index contributed by atoms with van der Waals surface area (Å²) in [5.74, 6) is -0.509. The minimum absolute atomic E-state index is 0.130. The lowest BCUT2D eigenvalue weighted by molar-refractivity contribution is 0.100. The SMILES string of the molecule is Cc1ccc(C)n1NC(=O)c1ccc(N)cc1O. The van der Waals surface area contributed by atoms with Crippen molar-refractivity contribution in [1.82, 2.24) is 4.68 Å². The molecule has 0 unspecified atom stereocenters. The highest BCUT2D eigenvalue weighted by molar-refractivity contribution is 6.02. The van der Waals surface area contributed by atoms with Crippen LogP contribution in [0.25, 0.3) is 0 Å². The normalized spacial score (nSPS) is 10.3. The van der Waals surface area contributed by atoms with Gasteiger partial charge in [-0.25, -0.2) is 0 Å². The zero-order chi connectivity index (χ0) is 13.3. The van der Waals surface area contributed by atoms with E-state index >= 15 is 0 Å². The molecule has 0 aliphatic carbocycles. The van der Waals surface area contributed by atoms with Crippen LogP contribution in [0.5, 0.6) is 5.75 Å². The second-order valence-corrected chi connectivity index (χ2v) is 4.17. The molecule has 0 bridgehead atoms. The Balaban J connectivity index is 2.28. The molecule has 0 aliphatic heterocycles. The monoisotopic (exact) mass is 245 g/mol. The molecule has 5 nitrogen and oxygen atoms in total. The van der Waals surface area contributed by atoms with Gasteiger partial charge in [-0.15, -0.1) is 0 Å². The first-order chi connectivity index (χ1) is 8.49. The number of carbonyl (C=O) groups excluding carboxylic acids is 1. The fourth-order valence-electron chi connectivity index (χ4n) is 1.75. The second-order valence-electron chi connectivity index (χ2n) is 4.17. The quantitative estimate of drug-likeness (QED) is 0.705. The van der Waals surface area contributed by atoms with E-state index in [0.29, 0.717) is 5.69 Å². The minimum Gasteiger partial charge on any atom is -0.507 e. The summed E-state index contributed by atoms with van der Waals surface area (Å²) >= 11 is 0. The van der Waals surface area contributed by atoms with E-state index in [-0.39, 0.29) is 17.2 Å². The summed E-state index contributed by atoms with van der Waals surface area (Å²) in [6.45, 7) is 3.77. The van der Waals surface area contributed by atoms with E-state index in [4.69, 9.17) is 5.73 Å². The van der Waals surface area contributed by atoms with E-state index in [9.17, 15) is 9.90 Å². The van der Waals surface area contributed by atoms with Gasteiger partial charge < -0.3 is 10.8 Å². The van der Waals surface area contributed by atoms with Gasteiger partial charge in [0.2, 0.25) is 0 Å². The summed E-state index contributed by atoms with van der Waals surface area (Å²) in [6.07, 6.45) is 0. The van der Waals surface area contributed by atoms with Crippen molar-refractivity contribution in [3.8, 4) is 5.75 Å². The van der Waals surface area contributed by atoms with Gasteiger partial charge >= 0.3 is 0 Å². The number of phenolic OH excluding ortho intramolecular Hbond substituents is 1. The molecule has 1 aromatic carbocycles. The zero-order valence-electron chi connectivity index (χ0n) is 10.3. The first kappa shape index (κ1) is 12.0. The number of phenols is 1. The number of hydrogen-bond donors (Lipinski definition) is 3. The number of benzene rings is 1. The lowest BCUT2D eigenvalue weighted by Crippen LogP contribution is -2.24. The molecule has 1 heterocycles. The largest absolute Gasteiger partial charge is 0.507 e. The van der Waals surface area contributed by atoms with Crippen LogP contribution in [0.1, 0.15) is 21.7 Å². The van der Waals surface area contributed by atoms with E-state index in [2.05, 4.69) is 5.43 Å². The van der Waals surface area contributed by atoms with Crippen LogP contribution in [0.4, 0.5) is 5.69 Å². The molecule has 0 atom stereocenters. The van der Waals surface area contributed by atoms with Gasteiger partial charge in [-0.3, -0.25) is 14.9 Å². The number of aromatic hydroxyl groups is 1. The molecule has 2 aromatic rings. The molecule has 0 aliphatic rings. The molecular formula is C13H15N3O2. The molecule has 0 radical (unpaired) electrons. The minimum atomic E-state index is -0.380. The maximum absolute atomic E-state index is 12.0. The van der Waals surface area contributed by atoms with Crippen molar-refractivity contribution >= 4 is 11.6 Å². The molecule has 0 saturated heterocycles. The van der Waals surface area contributed by atoms with Gasteiger partial charge in [-0.2, -0.15) is 0 Å². The summed E-state index contributed by atoms with van der Waals surface area (Å²) in [5.41, 5.74) is 10.7. The Hall–Kier alpha value is -2.43. The molecule has 0 fully saturated rings. The van der Waals surface area contributed by atoms with Crippen LogP contribution in [0, 0.1) is 13.8 Å². The van der Waals surface area contributed by atoms with Crippen molar-refractivity contribution in [2.75, 3.05) is 11.2 Å². The summed E-state index contributed by atoms with van der Waals surface area (Å²) in [7, 11) is 0. The number of rotatable bonds is 2. The molecule has 1 aromatic heterocycles. The predicted octanol–water partition coefficient (Wildman–Crippen LogP) is 1.78. The standard InChI is InChI=1S/C13H15N3O2/c1-8-3-4-9(2)16(8)15-13(18)11-6-5-10(14)7-12(11)17/h3-7,17H,14H2,1-2H3,(H,15,18). The number of aryl methyl sites for hydroxylation is 2. The lowest BCUT2D eigenvalue weighted by Gasteiger charge is -2.12. The first-order valence-electron chi connectivity index (χ1n) is 5.54. The van der Waals surface area contributed by atoms with Crippen LogP contribution < -0.4 is 11.2 Å². The molecule has 5 heteroatoms. The van der Waals surface area contributed by atoms with Gasteiger partial charge in [-0.05, 0) is 38.1 Å². The molecule has 0 spiro atoms. The summed E-state index contributed by atoms with van der Waals surface area (Å²) in [4.78, 5) is 12.0. The number of anilines is 1. The van der Waals surface area contributed by atoms with Crippen LogP contribution in [-0.4, -0.2) is 15.7 Å². The van der Waals surface area contributed by atoms with Crippen LogP contribution >= 0.6 is 0 Å². The van der Waals surface area contributed by atoms with Crippen molar-refractivity contribution < 1.29 is 9.90 Å². The number of nitrogens with one attached hydrogen (secondary N) is 1. The lowest BCUT2D eigenvalue weighted by atomic mass is 10.2. The highest BCUT2D eigenvalue weighted by atomic mass is 16.3. The number of amides is 1. The van der Waals surface area contributed by atoms with Crippen molar-refractivity contribution in [3.63, 3.8) is 0 Å². The van der Waals surface area contributed by atoms with Crippen LogP contribution in [0.15, 0.2) is 30.3 Å². The highest BCUT2D eigenvalue weighted by Crippen LogP contribution is 2.20. The number of aromatic nitrogens is 1. The molecule has 0 saturated carbocycles. The molecule has 2 rings (SSSR count). The Kier molecular flexibility index (Phi) is 2.97. The van der Waals surface area contributed by atoms with E-state index in [1.54, 1.807) is 10.7 Å². The van der Waals surface area contributed by atoms with Crippen molar-refractivity contribution in [2.24, 2.45) is 0 Å². The number of carbonyl (C=O) groups is 1. The average molecular weight is 245 g/mol. The number of nitrogen functional groups attached to an aromatic ring is 1. The number of nitrogens with zero attached hydrogens (tertiary/aromatic N) is 1. The number of hydrogen-bond acceptors (Lipinski definition) is 3. The maximum Gasteiger partial charge on any atom is 0.273 e. The molecule has 18 heavy (non-hydrogen) atoms. The van der Waals surface area contributed by atoms with Crippen LogP contribution in [0.2, 0.25) is 0 Å². The topological polar surface area (TPSA) is 80.3 Å². The van der Waals surface area contributed by atoms with E-state index < -0.39 is 0 Å². The van der Waals surface area contributed by atoms with Gasteiger partial charge in [-0.1, -0.05) is 0 Å². The molecule has 4 N–H and O–H groups in total. The Morgan fingerprint density at radius 2 is 1.83 bits per heavy atom. The third-order valence-electron chi connectivity index (χ3n) is 2.75. The third-order valence-corrected chi connectivity index (χ3v) is 2.75.